The quantitative estimate of drug-likeness (QED) is 0.648. The van der Waals surface area contributed by atoms with Gasteiger partial charge in [0.2, 0.25) is 5.91 Å². The van der Waals surface area contributed by atoms with Crippen LogP contribution in [0, 0.1) is 5.92 Å². The van der Waals surface area contributed by atoms with Gasteiger partial charge in [-0.3, -0.25) is 4.79 Å². The van der Waals surface area contributed by atoms with Crippen LogP contribution in [-0.4, -0.2) is 43.0 Å². The first-order valence-corrected chi connectivity index (χ1v) is 6.09. The molecule has 1 unspecified atom stereocenters. The average molecular weight is 229 g/mol. The van der Waals surface area contributed by atoms with Crippen molar-refractivity contribution in [3.63, 3.8) is 0 Å². The smallest absolute Gasteiger partial charge is 0.234 e. The Balaban J connectivity index is 4.14. The van der Waals surface area contributed by atoms with E-state index in [2.05, 4.69) is 37.9 Å². The molecule has 0 aliphatic carbocycles. The van der Waals surface area contributed by atoms with Crippen LogP contribution in [0.15, 0.2) is 0 Å². The number of nitrogens with one attached hydrogen (secondary N) is 1. The van der Waals surface area contributed by atoms with Crippen LogP contribution in [0.3, 0.4) is 0 Å². The molecule has 96 valence electrons. The fourth-order valence-electron chi connectivity index (χ4n) is 1.75. The van der Waals surface area contributed by atoms with Gasteiger partial charge in [0.05, 0.1) is 6.04 Å². The highest BCUT2D eigenvalue weighted by Gasteiger charge is 2.16. The topological polar surface area (TPSA) is 58.4 Å². The zero-order valence-electron chi connectivity index (χ0n) is 11.3. The molecule has 4 heteroatoms. The minimum absolute atomic E-state index is 0.214. The minimum Gasteiger partial charge on any atom is -0.368 e. The molecule has 16 heavy (non-hydrogen) atoms. The van der Waals surface area contributed by atoms with Gasteiger partial charge in [-0.05, 0) is 33.2 Å². The fraction of sp³-hybridized carbons (Fsp3) is 0.917. The standard InChI is InChI=1S/C12H27N3O/c1-9(2)8-15(10(3)4)7-6-11(14-5)12(13)16/h9-11,14H,6-8H2,1-5H3,(H2,13,16). The summed E-state index contributed by atoms with van der Waals surface area (Å²) >= 11 is 0. The van der Waals surface area contributed by atoms with Crippen molar-refractivity contribution in [3.05, 3.63) is 0 Å². The van der Waals surface area contributed by atoms with Crippen molar-refractivity contribution in [3.8, 4) is 0 Å². The third-order valence-corrected chi connectivity index (χ3v) is 2.73. The van der Waals surface area contributed by atoms with Crippen LogP contribution >= 0.6 is 0 Å². The summed E-state index contributed by atoms with van der Waals surface area (Å²) in [5.41, 5.74) is 5.29. The van der Waals surface area contributed by atoms with Crippen molar-refractivity contribution < 1.29 is 4.79 Å². The molecule has 0 radical (unpaired) electrons. The van der Waals surface area contributed by atoms with Crippen LogP contribution in [0.4, 0.5) is 0 Å². The van der Waals surface area contributed by atoms with Crippen molar-refractivity contribution in [1.29, 1.82) is 0 Å². The molecule has 0 rings (SSSR count). The minimum atomic E-state index is -0.268. The number of hydrogen-bond donors (Lipinski definition) is 2. The average Bonchev–Trinajstić information content (AvgIpc) is 2.15. The highest BCUT2D eigenvalue weighted by Crippen LogP contribution is 2.06. The maximum atomic E-state index is 11.1. The Kier molecular flexibility index (Phi) is 7.34. The molecule has 0 aromatic carbocycles. The van der Waals surface area contributed by atoms with Crippen molar-refractivity contribution in [2.45, 2.75) is 46.2 Å². The van der Waals surface area contributed by atoms with Gasteiger partial charge in [-0.2, -0.15) is 0 Å². The van der Waals surface area contributed by atoms with Crippen LogP contribution < -0.4 is 11.1 Å². The summed E-state index contributed by atoms with van der Waals surface area (Å²) in [6, 6.07) is 0.293. The monoisotopic (exact) mass is 229 g/mol. The van der Waals surface area contributed by atoms with E-state index in [1.54, 1.807) is 7.05 Å². The van der Waals surface area contributed by atoms with Gasteiger partial charge in [-0.1, -0.05) is 13.8 Å². The van der Waals surface area contributed by atoms with E-state index in [0.29, 0.717) is 12.0 Å². The molecule has 0 bridgehead atoms. The van der Waals surface area contributed by atoms with Gasteiger partial charge in [0.25, 0.3) is 0 Å². The van der Waals surface area contributed by atoms with Gasteiger partial charge >= 0.3 is 0 Å². The number of nitrogens with two attached hydrogens (primary N) is 1. The van der Waals surface area contributed by atoms with Crippen LogP contribution in [0.25, 0.3) is 0 Å². The van der Waals surface area contributed by atoms with E-state index in [1.165, 1.54) is 0 Å². The van der Waals surface area contributed by atoms with Crippen molar-refractivity contribution in [2.75, 3.05) is 20.1 Å². The maximum Gasteiger partial charge on any atom is 0.234 e. The summed E-state index contributed by atoms with van der Waals surface area (Å²) in [7, 11) is 1.78. The molecule has 0 spiro atoms. The highest BCUT2D eigenvalue weighted by atomic mass is 16.1. The van der Waals surface area contributed by atoms with Gasteiger partial charge < -0.3 is 16.0 Å². The van der Waals surface area contributed by atoms with Gasteiger partial charge in [0, 0.05) is 19.1 Å². The van der Waals surface area contributed by atoms with E-state index in [9.17, 15) is 4.79 Å². The fourth-order valence-corrected chi connectivity index (χ4v) is 1.75. The lowest BCUT2D eigenvalue weighted by Gasteiger charge is -2.29. The maximum absolute atomic E-state index is 11.1. The zero-order valence-corrected chi connectivity index (χ0v) is 11.3. The van der Waals surface area contributed by atoms with E-state index < -0.39 is 0 Å². The summed E-state index contributed by atoms with van der Waals surface area (Å²) in [6.45, 7) is 10.7. The highest BCUT2D eigenvalue weighted by molar-refractivity contribution is 5.79. The number of primary amides is 1. The number of carbonyl (C=O) groups is 1. The predicted molar refractivity (Wildman–Crippen MR) is 68.2 cm³/mol. The third kappa shape index (κ3) is 6.08. The number of amides is 1. The number of hydrogen-bond acceptors (Lipinski definition) is 3. The summed E-state index contributed by atoms with van der Waals surface area (Å²) < 4.78 is 0. The van der Waals surface area contributed by atoms with Crippen LogP contribution in [-0.2, 0) is 4.79 Å². The molecule has 4 nitrogen and oxygen atoms in total. The first kappa shape index (κ1) is 15.4. The third-order valence-electron chi connectivity index (χ3n) is 2.73. The second-order valence-electron chi connectivity index (χ2n) is 5.01. The van der Waals surface area contributed by atoms with Crippen LogP contribution in [0.1, 0.15) is 34.1 Å². The van der Waals surface area contributed by atoms with Gasteiger partial charge in [0.15, 0.2) is 0 Å². The molecule has 0 aromatic rings. The molecular formula is C12H27N3O. The molecule has 0 aliphatic rings. The molecule has 1 amide bonds. The van der Waals surface area contributed by atoms with E-state index in [1.807, 2.05) is 0 Å². The number of nitrogens with zero attached hydrogens (tertiary/aromatic N) is 1. The van der Waals surface area contributed by atoms with E-state index in [-0.39, 0.29) is 11.9 Å². The van der Waals surface area contributed by atoms with Crippen LogP contribution in [0.5, 0.6) is 0 Å². The molecule has 0 fully saturated rings. The van der Waals surface area contributed by atoms with E-state index in [4.69, 9.17) is 5.73 Å². The van der Waals surface area contributed by atoms with Crippen LogP contribution in [0.2, 0.25) is 0 Å². The summed E-state index contributed by atoms with van der Waals surface area (Å²) in [4.78, 5) is 13.5. The molecule has 0 aromatic heterocycles. The number of carbonyl (C=O) groups excluding carboxylic acids is 1. The number of rotatable bonds is 8. The van der Waals surface area contributed by atoms with E-state index in [0.717, 1.165) is 19.5 Å². The second-order valence-corrected chi connectivity index (χ2v) is 5.01. The summed E-state index contributed by atoms with van der Waals surface area (Å²) in [5, 5.41) is 2.95. The molecule has 0 aliphatic heterocycles. The molecule has 1 atom stereocenters. The predicted octanol–water partition coefficient (Wildman–Crippen LogP) is 0.816. The first-order chi connectivity index (χ1) is 7.38. The lowest BCUT2D eigenvalue weighted by molar-refractivity contribution is -0.120. The first-order valence-electron chi connectivity index (χ1n) is 6.09. The molecule has 0 heterocycles. The Morgan fingerprint density at radius 1 is 1.31 bits per heavy atom. The van der Waals surface area contributed by atoms with Gasteiger partial charge in [-0.25, -0.2) is 0 Å². The van der Waals surface area contributed by atoms with Crippen molar-refractivity contribution >= 4 is 5.91 Å². The largest absolute Gasteiger partial charge is 0.368 e. The lowest BCUT2D eigenvalue weighted by Crippen LogP contribution is -2.43. The zero-order chi connectivity index (χ0) is 12.7. The van der Waals surface area contributed by atoms with Crippen molar-refractivity contribution in [1.82, 2.24) is 10.2 Å². The summed E-state index contributed by atoms with van der Waals surface area (Å²) in [6.07, 6.45) is 0.775. The molecule has 0 saturated heterocycles. The van der Waals surface area contributed by atoms with Crippen molar-refractivity contribution in [2.24, 2.45) is 11.7 Å². The normalized spacial score (nSPS) is 13.8. The lowest BCUT2D eigenvalue weighted by atomic mass is 10.1. The molecule has 0 saturated carbocycles. The molecular weight excluding hydrogens is 202 g/mol. The second kappa shape index (κ2) is 7.63. The van der Waals surface area contributed by atoms with Gasteiger partial charge in [-0.15, -0.1) is 0 Å². The Morgan fingerprint density at radius 2 is 1.88 bits per heavy atom. The van der Waals surface area contributed by atoms with Gasteiger partial charge in [0.1, 0.15) is 0 Å². The SMILES string of the molecule is CNC(CCN(CC(C)C)C(C)C)C(N)=O. The Bertz CT molecular complexity index is 204. The molecule has 3 N–H and O–H groups in total. The summed E-state index contributed by atoms with van der Waals surface area (Å²) in [5.74, 6) is 0.375. The Labute approximate surface area is 99.6 Å². The Morgan fingerprint density at radius 3 is 2.19 bits per heavy atom. The van der Waals surface area contributed by atoms with E-state index >= 15 is 0 Å². The number of likely N-dealkylation sites (N-methyl/N-ethyl adjacent to an activating group) is 1. The Hall–Kier alpha value is -0.610.